The van der Waals surface area contributed by atoms with Crippen LogP contribution in [-0.2, 0) is 10.3 Å². The van der Waals surface area contributed by atoms with E-state index < -0.39 is 5.60 Å². The summed E-state index contributed by atoms with van der Waals surface area (Å²) in [4.78, 5) is 0. The normalized spacial score (nSPS) is 15.6. The zero-order chi connectivity index (χ0) is 15.3. The summed E-state index contributed by atoms with van der Waals surface area (Å²) < 4.78 is 11.4. The Hall–Kier alpha value is -1.72. The van der Waals surface area contributed by atoms with Crippen molar-refractivity contribution in [3.63, 3.8) is 0 Å². The highest BCUT2D eigenvalue weighted by Crippen LogP contribution is 2.29. The van der Waals surface area contributed by atoms with Crippen molar-refractivity contribution < 1.29 is 9.15 Å². The Morgan fingerprint density at radius 3 is 2.52 bits per heavy atom. The fourth-order valence-electron chi connectivity index (χ4n) is 2.15. The van der Waals surface area contributed by atoms with E-state index in [9.17, 15) is 0 Å². The summed E-state index contributed by atoms with van der Waals surface area (Å²) in [7, 11) is 1.66. The first-order valence-corrected chi connectivity index (χ1v) is 7.32. The van der Waals surface area contributed by atoms with Gasteiger partial charge in [-0.1, -0.05) is 44.2 Å². The minimum atomic E-state index is -0.543. The number of nitrogens with zero attached hydrogens (tertiary/aromatic N) is 2. The Morgan fingerprint density at radius 2 is 1.95 bits per heavy atom. The summed E-state index contributed by atoms with van der Waals surface area (Å²) >= 11 is 0. The molecule has 1 N–H and O–H groups in total. The fraction of sp³-hybridized carbons (Fsp3) is 0.500. The van der Waals surface area contributed by atoms with Crippen LogP contribution >= 0.6 is 0 Å². The first-order valence-electron chi connectivity index (χ1n) is 7.32. The van der Waals surface area contributed by atoms with Crippen molar-refractivity contribution in [3.05, 3.63) is 47.7 Å². The number of nitrogens with one attached hydrogen (secondary N) is 1. The van der Waals surface area contributed by atoms with Gasteiger partial charge in [-0.25, -0.2) is 0 Å². The standard InChI is InChI=1S/C16H23N3O2/c1-5-16(3,20-4)15-19-18-14(21-15)13(17-6-2)12-10-8-7-9-11-12/h7-11,13,17H,5-6H2,1-4H3. The van der Waals surface area contributed by atoms with Crippen LogP contribution < -0.4 is 5.32 Å². The third-order valence-corrected chi connectivity index (χ3v) is 3.81. The Balaban J connectivity index is 2.33. The Morgan fingerprint density at radius 1 is 1.24 bits per heavy atom. The van der Waals surface area contributed by atoms with E-state index >= 15 is 0 Å². The van der Waals surface area contributed by atoms with Crippen LogP contribution in [0, 0.1) is 0 Å². The quantitative estimate of drug-likeness (QED) is 0.849. The smallest absolute Gasteiger partial charge is 0.248 e. The molecule has 0 aliphatic carbocycles. The van der Waals surface area contributed by atoms with E-state index in [0.717, 1.165) is 18.5 Å². The van der Waals surface area contributed by atoms with E-state index in [2.05, 4.69) is 22.4 Å². The minimum absolute atomic E-state index is 0.101. The van der Waals surface area contributed by atoms with Crippen LogP contribution in [0.5, 0.6) is 0 Å². The second-order valence-electron chi connectivity index (χ2n) is 5.14. The summed E-state index contributed by atoms with van der Waals surface area (Å²) in [6.07, 6.45) is 0.766. The van der Waals surface area contributed by atoms with Gasteiger partial charge in [-0.05, 0) is 25.5 Å². The predicted octanol–water partition coefficient (Wildman–Crippen LogP) is 3.04. The van der Waals surface area contributed by atoms with Crippen molar-refractivity contribution in [1.82, 2.24) is 15.5 Å². The lowest BCUT2D eigenvalue weighted by molar-refractivity contribution is -0.0244. The lowest BCUT2D eigenvalue weighted by atomic mass is 10.0. The molecule has 1 aromatic carbocycles. The highest BCUT2D eigenvalue weighted by Gasteiger charge is 2.32. The van der Waals surface area contributed by atoms with E-state index in [1.54, 1.807) is 7.11 Å². The maximum absolute atomic E-state index is 5.89. The van der Waals surface area contributed by atoms with E-state index in [1.807, 2.05) is 44.2 Å². The molecule has 0 bridgehead atoms. The van der Waals surface area contributed by atoms with Crippen molar-refractivity contribution >= 4 is 0 Å². The van der Waals surface area contributed by atoms with Gasteiger partial charge in [-0.2, -0.15) is 0 Å². The molecule has 5 heteroatoms. The van der Waals surface area contributed by atoms with Gasteiger partial charge in [0, 0.05) is 7.11 Å². The van der Waals surface area contributed by atoms with E-state index in [-0.39, 0.29) is 6.04 Å². The van der Waals surface area contributed by atoms with Gasteiger partial charge in [0.2, 0.25) is 11.8 Å². The lowest BCUT2D eigenvalue weighted by Gasteiger charge is -2.22. The van der Waals surface area contributed by atoms with Crippen LogP contribution in [0.25, 0.3) is 0 Å². The SMILES string of the molecule is CCNC(c1ccccc1)c1nnc(C(C)(CC)OC)o1. The van der Waals surface area contributed by atoms with E-state index in [0.29, 0.717) is 11.8 Å². The second-order valence-corrected chi connectivity index (χ2v) is 5.14. The predicted molar refractivity (Wildman–Crippen MR) is 80.9 cm³/mol. The number of ether oxygens (including phenoxy) is 1. The van der Waals surface area contributed by atoms with Crippen LogP contribution in [0.4, 0.5) is 0 Å². The van der Waals surface area contributed by atoms with Crippen molar-refractivity contribution in [2.45, 2.75) is 38.8 Å². The third-order valence-electron chi connectivity index (χ3n) is 3.81. The molecule has 0 aliphatic rings. The molecule has 0 fully saturated rings. The molecule has 0 spiro atoms. The molecule has 5 nitrogen and oxygen atoms in total. The molecule has 21 heavy (non-hydrogen) atoms. The van der Waals surface area contributed by atoms with Gasteiger partial charge in [0.25, 0.3) is 0 Å². The number of benzene rings is 1. The molecule has 1 aromatic heterocycles. The van der Waals surface area contributed by atoms with Crippen LogP contribution in [-0.4, -0.2) is 23.9 Å². The minimum Gasteiger partial charge on any atom is -0.420 e. The van der Waals surface area contributed by atoms with Crippen LogP contribution in [0.15, 0.2) is 34.7 Å². The highest BCUT2D eigenvalue weighted by molar-refractivity contribution is 5.23. The van der Waals surface area contributed by atoms with Gasteiger partial charge in [-0.15, -0.1) is 10.2 Å². The number of aromatic nitrogens is 2. The van der Waals surface area contributed by atoms with Gasteiger partial charge in [0.05, 0.1) is 0 Å². The molecule has 2 atom stereocenters. The van der Waals surface area contributed by atoms with Crippen molar-refractivity contribution in [1.29, 1.82) is 0 Å². The zero-order valence-electron chi connectivity index (χ0n) is 13.1. The molecule has 0 aliphatic heterocycles. The summed E-state index contributed by atoms with van der Waals surface area (Å²) in [6, 6.07) is 9.99. The van der Waals surface area contributed by atoms with Crippen LogP contribution in [0.3, 0.4) is 0 Å². The number of rotatable bonds is 7. The van der Waals surface area contributed by atoms with Crippen LogP contribution in [0.2, 0.25) is 0 Å². The molecular weight excluding hydrogens is 266 g/mol. The van der Waals surface area contributed by atoms with Gasteiger partial charge in [0.15, 0.2) is 0 Å². The Labute approximate surface area is 125 Å². The van der Waals surface area contributed by atoms with Gasteiger partial charge in [0.1, 0.15) is 11.6 Å². The number of hydrogen-bond donors (Lipinski definition) is 1. The second kappa shape index (κ2) is 6.83. The molecule has 2 unspecified atom stereocenters. The lowest BCUT2D eigenvalue weighted by Crippen LogP contribution is -2.24. The first kappa shape index (κ1) is 15.7. The summed E-state index contributed by atoms with van der Waals surface area (Å²) in [5, 5.41) is 11.8. The molecule has 0 radical (unpaired) electrons. The summed E-state index contributed by atoms with van der Waals surface area (Å²) in [5.41, 5.74) is 0.559. The van der Waals surface area contributed by atoms with Gasteiger partial charge >= 0.3 is 0 Å². The Bertz CT molecular complexity index is 550. The first-order chi connectivity index (χ1) is 10.1. The van der Waals surface area contributed by atoms with Crippen LogP contribution in [0.1, 0.15) is 50.6 Å². The summed E-state index contributed by atoms with van der Waals surface area (Å²) in [5.74, 6) is 1.08. The monoisotopic (exact) mass is 289 g/mol. The van der Waals surface area contributed by atoms with E-state index in [1.165, 1.54) is 0 Å². The highest BCUT2D eigenvalue weighted by atomic mass is 16.5. The zero-order valence-corrected chi connectivity index (χ0v) is 13.1. The maximum Gasteiger partial charge on any atom is 0.248 e. The molecule has 114 valence electrons. The molecule has 0 amide bonds. The average molecular weight is 289 g/mol. The molecular formula is C16H23N3O2. The topological polar surface area (TPSA) is 60.2 Å². The van der Waals surface area contributed by atoms with Gasteiger partial charge < -0.3 is 14.5 Å². The van der Waals surface area contributed by atoms with Crippen molar-refractivity contribution in [2.75, 3.05) is 13.7 Å². The molecule has 2 rings (SSSR count). The molecule has 1 heterocycles. The largest absolute Gasteiger partial charge is 0.420 e. The maximum atomic E-state index is 5.89. The third kappa shape index (κ3) is 3.31. The molecule has 0 saturated heterocycles. The van der Waals surface area contributed by atoms with Crippen molar-refractivity contribution in [3.8, 4) is 0 Å². The van der Waals surface area contributed by atoms with Crippen molar-refractivity contribution in [2.24, 2.45) is 0 Å². The fourth-order valence-corrected chi connectivity index (χ4v) is 2.15. The number of hydrogen-bond acceptors (Lipinski definition) is 5. The Kier molecular flexibility index (Phi) is 5.09. The molecule has 0 saturated carbocycles. The van der Waals surface area contributed by atoms with Gasteiger partial charge in [-0.3, -0.25) is 0 Å². The summed E-state index contributed by atoms with van der Waals surface area (Å²) in [6.45, 7) is 6.85. The van der Waals surface area contributed by atoms with E-state index in [4.69, 9.17) is 9.15 Å². The molecule has 2 aromatic rings. The average Bonchev–Trinajstić information content (AvgIpc) is 3.03. The number of methoxy groups -OCH3 is 1.